The molecule has 2 aromatic carbocycles. The molecule has 0 unspecified atom stereocenters. The Bertz CT molecular complexity index is 886. The number of anilines is 1. The molecule has 0 fully saturated rings. The van der Waals surface area contributed by atoms with E-state index in [9.17, 15) is 9.59 Å². The van der Waals surface area contributed by atoms with E-state index in [0.29, 0.717) is 22.7 Å². The van der Waals surface area contributed by atoms with E-state index >= 15 is 0 Å². The third-order valence-corrected chi connectivity index (χ3v) is 4.76. The fourth-order valence-electron chi connectivity index (χ4n) is 3.01. The van der Waals surface area contributed by atoms with Gasteiger partial charge in [-0.2, -0.15) is 0 Å². The van der Waals surface area contributed by atoms with E-state index in [1.54, 1.807) is 21.1 Å². The van der Waals surface area contributed by atoms with Gasteiger partial charge in [-0.05, 0) is 43.7 Å². The lowest BCUT2D eigenvalue weighted by atomic mass is 9.94. The van der Waals surface area contributed by atoms with E-state index in [1.807, 2.05) is 55.5 Å². The number of hydrogen-bond donors (Lipinski definition) is 2. The molecule has 140 valence electrons. The molecule has 0 saturated carbocycles. The molecule has 1 heterocycles. The van der Waals surface area contributed by atoms with Crippen LogP contribution in [0.25, 0.3) is 0 Å². The van der Waals surface area contributed by atoms with Crippen LogP contribution in [0.3, 0.4) is 0 Å². The van der Waals surface area contributed by atoms with Crippen molar-refractivity contribution in [1.29, 1.82) is 0 Å². The van der Waals surface area contributed by atoms with Crippen molar-refractivity contribution in [1.82, 2.24) is 10.2 Å². The number of rotatable bonds is 4. The van der Waals surface area contributed by atoms with Crippen molar-refractivity contribution in [2.45, 2.75) is 19.9 Å². The molecule has 1 atom stereocenters. The van der Waals surface area contributed by atoms with Crippen LogP contribution in [-0.4, -0.2) is 31.0 Å². The second kappa shape index (κ2) is 7.53. The van der Waals surface area contributed by atoms with E-state index < -0.39 is 6.04 Å². The van der Waals surface area contributed by atoms with Crippen LogP contribution in [0.5, 0.6) is 5.75 Å². The number of ether oxygens (including phenoxy) is 1. The van der Waals surface area contributed by atoms with Crippen LogP contribution in [0.15, 0.2) is 59.8 Å². The zero-order valence-corrected chi connectivity index (χ0v) is 15.9. The Morgan fingerprint density at radius 1 is 1.07 bits per heavy atom. The molecule has 0 bridgehead atoms. The summed E-state index contributed by atoms with van der Waals surface area (Å²) in [7, 11) is 3.24. The number of allylic oxidation sites excluding steroid dienone is 1. The number of methoxy groups -OCH3 is 1. The summed E-state index contributed by atoms with van der Waals surface area (Å²) in [4.78, 5) is 26.8. The number of carbonyl (C=O) groups is 2. The Morgan fingerprint density at radius 2 is 1.70 bits per heavy atom. The molecule has 6 heteroatoms. The van der Waals surface area contributed by atoms with E-state index in [1.165, 1.54) is 4.90 Å². The normalized spacial score (nSPS) is 16.8. The Morgan fingerprint density at radius 3 is 2.30 bits per heavy atom. The summed E-state index contributed by atoms with van der Waals surface area (Å²) in [5.41, 5.74) is 3.75. The Kier molecular flexibility index (Phi) is 5.16. The highest BCUT2D eigenvalue weighted by atomic mass is 16.5. The molecule has 3 amide bonds. The van der Waals surface area contributed by atoms with Crippen molar-refractivity contribution < 1.29 is 14.3 Å². The van der Waals surface area contributed by atoms with Crippen molar-refractivity contribution in [3.8, 4) is 5.75 Å². The zero-order chi connectivity index (χ0) is 19.6. The molecule has 0 aromatic heterocycles. The van der Waals surface area contributed by atoms with Crippen LogP contribution >= 0.6 is 0 Å². The maximum atomic E-state index is 13.1. The van der Waals surface area contributed by atoms with Crippen LogP contribution in [0.1, 0.15) is 24.1 Å². The second-order valence-electron chi connectivity index (χ2n) is 6.53. The number of amides is 3. The summed E-state index contributed by atoms with van der Waals surface area (Å²) in [5.74, 6) is 0.466. The van der Waals surface area contributed by atoms with Crippen LogP contribution in [0.4, 0.5) is 10.5 Å². The van der Waals surface area contributed by atoms with Gasteiger partial charge in [-0.25, -0.2) is 4.79 Å². The fraction of sp³-hybridized carbons (Fsp3) is 0.238. The molecule has 0 aliphatic carbocycles. The largest absolute Gasteiger partial charge is 0.497 e. The van der Waals surface area contributed by atoms with Gasteiger partial charge >= 0.3 is 6.03 Å². The maximum Gasteiger partial charge on any atom is 0.322 e. The summed E-state index contributed by atoms with van der Waals surface area (Å²) in [6, 6.07) is 14.1. The third kappa shape index (κ3) is 3.79. The summed E-state index contributed by atoms with van der Waals surface area (Å²) in [5, 5.41) is 5.83. The van der Waals surface area contributed by atoms with Gasteiger partial charge in [0.05, 0.1) is 18.7 Å². The molecule has 1 aliphatic heterocycles. The number of aryl methyl sites for hydroxylation is 1. The molecule has 2 N–H and O–H groups in total. The Balaban J connectivity index is 1.96. The molecular formula is C21H23N3O3. The summed E-state index contributed by atoms with van der Waals surface area (Å²) < 4.78 is 5.19. The lowest BCUT2D eigenvalue weighted by Crippen LogP contribution is -2.46. The number of hydrogen-bond acceptors (Lipinski definition) is 3. The number of nitrogens with one attached hydrogen (secondary N) is 2. The zero-order valence-electron chi connectivity index (χ0n) is 15.9. The van der Waals surface area contributed by atoms with Gasteiger partial charge in [0.1, 0.15) is 5.75 Å². The number of carbonyl (C=O) groups excluding carboxylic acids is 2. The minimum atomic E-state index is -0.537. The number of benzene rings is 2. The van der Waals surface area contributed by atoms with Crippen molar-refractivity contribution >= 4 is 17.6 Å². The van der Waals surface area contributed by atoms with Crippen molar-refractivity contribution in [3.63, 3.8) is 0 Å². The third-order valence-electron chi connectivity index (χ3n) is 4.76. The van der Waals surface area contributed by atoms with Crippen molar-refractivity contribution in [2.24, 2.45) is 0 Å². The molecule has 0 saturated heterocycles. The second-order valence-corrected chi connectivity index (χ2v) is 6.53. The fourth-order valence-corrected chi connectivity index (χ4v) is 3.01. The van der Waals surface area contributed by atoms with Gasteiger partial charge in [0.25, 0.3) is 5.91 Å². The standard InChI is InChI=1S/C21H23N3O3/c1-13-5-9-16(10-6-13)22-20(25)18-14(2)24(3)21(26)23-19(18)15-7-11-17(27-4)12-8-15/h5-12,19H,1-4H3,(H,22,25)(H,23,26)/t19-/m0/s1. The van der Waals surface area contributed by atoms with Gasteiger partial charge in [0.2, 0.25) is 0 Å². The smallest absolute Gasteiger partial charge is 0.322 e. The average Bonchev–Trinajstić information content (AvgIpc) is 2.67. The van der Waals surface area contributed by atoms with Crippen LogP contribution < -0.4 is 15.4 Å². The van der Waals surface area contributed by atoms with Crippen LogP contribution in [0, 0.1) is 6.92 Å². The molecule has 3 rings (SSSR count). The molecule has 27 heavy (non-hydrogen) atoms. The molecule has 6 nitrogen and oxygen atoms in total. The lowest BCUT2D eigenvalue weighted by Gasteiger charge is -2.33. The minimum absolute atomic E-state index is 0.246. The predicted molar refractivity (Wildman–Crippen MR) is 105 cm³/mol. The SMILES string of the molecule is COc1ccc([C@@H]2NC(=O)N(C)C(C)=C2C(=O)Nc2ccc(C)cc2)cc1. The van der Waals surface area contributed by atoms with Crippen molar-refractivity contribution in [2.75, 3.05) is 19.5 Å². The van der Waals surface area contributed by atoms with E-state index in [4.69, 9.17) is 4.74 Å². The molecule has 1 aliphatic rings. The Hall–Kier alpha value is -3.28. The minimum Gasteiger partial charge on any atom is -0.497 e. The highest BCUT2D eigenvalue weighted by molar-refractivity contribution is 6.06. The van der Waals surface area contributed by atoms with Gasteiger partial charge in [-0.15, -0.1) is 0 Å². The van der Waals surface area contributed by atoms with Crippen LogP contribution in [0.2, 0.25) is 0 Å². The van der Waals surface area contributed by atoms with E-state index in [2.05, 4.69) is 10.6 Å². The van der Waals surface area contributed by atoms with E-state index in [-0.39, 0.29) is 11.9 Å². The lowest BCUT2D eigenvalue weighted by molar-refractivity contribution is -0.113. The van der Waals surface area contributed by atoms with Crippen molar-refractivity contribution in [3.05, 3.63) is 70.9 Å². The summed E-state index contributed by atoms with van der Waals surface area (Å²) >= 11 is 0. The first-order chi connectivity index (χ1) is 12.9. The highest BCUT2D eigenvalue weighted by Gasteiger charge is 2.34. The van der Waals surface area contributed by atoms with Crippen LogP contribution in [-0.2, 0) is 4.79 Å². The quantitative estimate of drug-likeness (QED) is 0.869. The first kappa shape index (κ1) is 18.5. The van der Waals surface area contributed by atoms with E-state index in [0.717, 1.165) is 11.1 Å². The maximum absolute atomic E-state index is 13.1. The molecular weight excluding hydrogens is 342 g/mol. The Labute approximate surface area is 158 Å². The van der Waals surface area contributed by atoms with Gasteiger partial charge in [-0.3, -0.25) is 4.79 Å². The van der Waals surface area contributed by atoms with Gasteiger partial charge in [-0.1, -0.05) is 29.8 Å². The highest BCUT2D eigenvalue weighted by Crippen LogP contribution is 2.31. The first-order valence-electron chi connectivity index (χ1n) is 8.67. The molecule has 0 spiro atoms. The van der Waals surface area contributed by atoms with Gasteiger partial charge < -0.3 is 20.3 Å². The predicted octanol–water partition coefficient (Wildman–Crippen LogP) is 3.61. The first-order valence-corrected chi connectivity index (χ1v) is 8.67. The molecule has 0 radical (unpaired) electrons. The average molecular weight is 365 g/mol. The topological polar surface area (TPSA) is 70.7 Å². The monoisotopic (exact) mass is 365 g/mol. The van der Waals surface area contributed by atoms with Gasteiger partial charge in [0, 0.05) is 18.4 Å². The number of urea groups is 1. The number of nitrogens with zero attached hydrogens (tertiary/aromatic N) is 1. The summed E-state index contributed by atoms with van der Waals surface area (Å²) in [6.07, 6.45) is 0. The van der Waals surface area contributed by atoms with Gasteiger partial charge in [0.15, 0.2) is 0 Å². The molecule has 2 aromatic rings. The summed E-state index contributed by atoms with van der Waals surface area (Å²) in [6.45, 7) is 3.77.